The maximum atomic E-state index is 13.0. The van der Waals surface area contributed by atoms with E-state index in [9.17, 15) is 9.59 Å². The number of anilines is 1. The molecule has 28 heavy (non-hydrogen) atoms. The minimum atomic E-state index is -0.180. The molecular weight excluding hydrogens is 354 g/mol. The highest BCUT2D eigenvalue weighted by molar-refractivity contribution is 6.14. The lowest BCUT2D eigenvalue weighted by atomic mass is 10.0. The fourth-order valence-corrected chi connectivity index (χ4v) is 2.76. The third-order valence-corrected chi connectivity index (χ3v) is 4.74. The van der Waals surface area contributed by atoms with Crippen LogP contribution in [0.5, 0.6) is 5.75 Å². The van der Waals surface area contributed by atoms with E-state index in [4.69, 9.17) is 10.00 Å². The Balaban J connectivity index is 2.32. The Kier molecular flexibility index (Phi) is 7.30. The van der Waals surface area contributed by atoms with Crippen LogP contribution in [0.25, 0.3) is 0 Å². The second-order valence-corrected chi connectivity index (χ2v) is 6.66. The van der Waals surface area contributed by atoms with Crippen molar-refractivity contribution in [2.45, 2.75) is 19.4 Å². The number of ether oxygens (including phenoxy) is 1. The van der Waals surface area contributed by atoms with E-state index in [-0.39, 0.29) is 24.3 Å². The average Bonchev–Trinajstić information content (AvgIpc) is 2.72. The first-order chi connectivity index (χ1) is 13.4. The van der Waals surface area contributed by atoms with Crippen molar-refractivity contribution in [1.82, 2.24) is 4.90 Å². The maximum absolute atomic E-state index is 13.0. The number of hydrogen-bond acceptors (Lipinski definition) is 5. The molecule has 2 aromatic carbocycles. The van der Waals surface area contributed by atoms with Gasteiger partial charge in [-0.25, -0.2) is 0 Å². The van der Waals surface area contributed by atoms with E-state index >= 15 is 0 Å². The van der Waals surface area contributed by atoms with Crippen LogP contribution in [0.1, 0.15) is 29.3 Å². The standard InChI is InChI=1S/C22H25N3O3/c1-16(12-13-23)24(2)15-21(26)25(3)20-11-10-18(28-4)14-19(20)22(27)17-8-6-5-7-9-17/h5-11,14,16H,12,15H2,1-4H3. The fourth-order valence-electron chi connectivity index (χ4n) is 2.76. The zero-order valence-corrected chi connectivity index (χ0v) is 16.7. The minimum Gasteiger partial charge on any atom is -0.497 e. The van der Waals surface area contributed by atoms with Crippen LogP contribution in [0.15, 0.2) is 48.5 Å². The molecule has 0 N–H and O–H groups in total. The van der Waals surface area contributed by atoms with Crippen LogP contribution in [0.4, 0.5) is 5.69 Å². The van der Waals surface area contributed by atoms with E-state index in [1.165, 1.54) is 12.0 Å². The molecule has 6 heteroatoms. The molecule has 0 saturated heterocycles. The number of carbonyl (C=O) groups excluding carboxylic acids is 2. The zero-order chi connectivity index (χ0) is 20.7. The molecule has 146 valence electrons. The van der Waals surface area contributed by atoms with Gasteiger partial charge >= 0.3 is 0 Å². The Morgan fingerprint density at radius 2 is 1.82 bits per heavy atom. The molecule has 0 aliphatic heterocycles. The molecule has 0 fully saturated rings. The van der Waals surface area contributed by atoms with E-state index < -0.39 is 0 Å². The predicted molar refractivity (Wildman–Crippen MR) is 109 cm³/mol. The molecule has 0 aliphatic rings. The van der Waals surface area contributed by atoms with Crippen LogP contribution in [-0.2, 0) is 4.79 Å². The van der Waals surface area contributed by atoms with Gasteiger partial charge in [-0.15, -0.1) is 0 Å². The molecule has 0 heterocycles. The van der Waals surface area contributed by atoms with E-state index in [2.05, 4.69) is 6.07 Å². The van der Waals surface area contributed by atoms with Gasteiger partial charge in [-0.1, -0.05) is 30.3 Å². The van der Waals surface area contributed by atoms with Gasteiger partial charge in [-0.05, 0) is 32.2 Å². The van der Waals surface area contributed by atoms with Crippen LogP contribution in [0.2, 0.25) is 0 Å². The van der Waals surface area contributed by atoms with Gasteiger partial charge in [0, 0.05) is 24.2 Å². The van der Waals surface area contributed by atoms with Gasteiger partial charge in [-0.2, -0.15) is 5.26 Å². The summed E-state index contributed by atoms with van der Waals surface area (Å²) in [7, 11) is 4.98. The monoisotopic (exact) mass is 379 g/mol. The predicted octanol–water partition coefficient (Wildman–Crippen LogP) is 3.12. The molecular formula is C22H25N3O3. The number of likely N-dealkylation sites (N-methyl/N-ethyl adjacent to an activating group) is 2. The van der Waals surface area contributed by atoms with Gasteiger partial charge in [0.1, 0.15) is 5.75 Å². The number of carbonyl (C=O) groups is 2. The molecule has 2 aromatic rings. The number of hydrogen-bond donors (Lipinski definition) is 0. The normalized spacial score (nSPS) is 11.6. The number of nitrogens with zero attached hydrogens (tertiary/aromatic N) is 3. The maximum Gasteiger partial charge on any atom is 0.240 e. The smallest absolute Gasteiger partial charge is 0.240 e. The van der Waals surface area contributed by atoms with Gasteiger partial charge < -0.3 is 9.64 Å². The first-order valence-electron chi connectivity index (χ1n) is 9.00. The molecule has 2 rings (SSSR count). The fraction of sp³-hybridized carbons (Fsp3) is 0.318. The van der Waals surface area contributed by atoms with Crippen molar-refractivity contribution in [3.8, 4) is 11.8 Å². The largest absolute Gasteiger partial charge is 0.497 e. The first-order valence-corrected chi connectivity index (χ1v) is 9.00. The van der Waals surface area contributed by atoms with Gasteiger partial charge in [0.15, 0.2) is 5.78 Å². The number of methoxy groups -OCH3 is 1. The minimum absolute atomic E-state index is 0.0383. The third kappa shape index (κ3) is 4.96. The first kappa shape index (κ1) is 21.1. The molecule has 0 radical (unpaired) electrons. The molecule has 0 saturated carbocycles. The second-order valence-electron chi connectivity index (χ2n) is 6.66. The van der Waals surface area contributed by atoms with E-state index in [0.717, 1.165) is 0 Å². The number of rotatable bonds is 8. The van der Waals surface area contributed by atoms with Crippen molar-refractivity contribution in [2.24, 2.45) is 0 Å². The van der Waals surface area contributed by atoms with E-state index in [0.29, 0.717) is 29.0 Å². The summed E-state index contributed by atoms with van der Waals surface area (Å²) in [4.78, 5) is 29.1. The van der Waals surface area contributed by atoms with E-state index in [1.54, 1.807) is 56.6 Å². The van der Waals surface area contributed by atoms with Crippen molar-refractivity contribution in [3.05, 3.63) is 59.7 Å². The lowest BCUT2D eigenvalue weighted by Crippen LogP contribution is -2.40. The zero-order valence-electron chi connectivity index (χ0n) is 16.7. The summed E-state index contributed by atoms with van der Waals surface area (Å²) >= 11 is 0. The summed E-state index contributed by atoms with van der Waals surface area (Å²) in [5.74, 6) is 0.198. The summed E-state index contributed by atoms with van der Waals surface area (Å²) < 4.78 is 5.26. The molecule has 0 aromatic heterocycles. The second kappa shape index (κ2) is 9.67. The average molecular weight is 379 g/mol. The van der Waals surface area contributed by atoms with Crippen LogP contribution in [-0.4, -0.2) is 50.4 Å². The number of amides is 1. The van der Waals surface area contributed by atoms with E-state index in [1.807, 2.05) is 17.9 Å². The van der Waals surface area contributed by atoms with Crippen molar-refractivity contribution in [1.29, 1.82) is 5.26 Å². The quantitative estimate of drug-likeness (QED) is 0.659. The van der Waals surface area contributed by atoms with Gasteiger partial charge in [0.2, 0.25) is 5.91 Å². The van der Waals surface area contributed by atoms with Crippen LogP contribution in [0, 0.1) is 11.3 Å². The molecule has 1 atom stereocenters. The molecule has 0 bridgehead atoms. The highest BCUT2D eigenvalue weighted by Gasteiger charge is 2.22. The molecule has 6 nitrogen and oxygen atoms in total. The van der Waals surface area contributed by atoms with Crippen molar-refractivity contribution >= 4 is 17.4 Å². The highest BCUT2D eigenvalue weighted by Crippen LogP contribution is 2.27. The molecule has 0 aliphatic carbocycles. The van der Waals surface area contributed by atoms with Crippen molar-refractivity contribution in [3.63, 3.8) is 0 Å². The summed E-state index contributed by atoms with van der Waals surface area (Å²) in [6, 6.07) is 16.1. The number of ketones is 1. The Hall–Kier alpha value is -3.17. The Morgan fingerprint density at radius 1 is 1.14 bits per heavy atom. The van der Waals surface area contributed by atoms with Crippen LogP contribution in [0.3, 0.4) is 0 Å². The lowest BCUT2D eigenvalue weighted by molar-refractivity contribution is -0.119. The highest BCUT2D eigenvalue weighted by atomic mass is 16.5. The van der Waals surface area contributed by atoms with Crippen molar-refractivity contribution in [2.75, 3.05) is 32.6 Å². The number of nitriles is 1. The SMILES string of the molecule is COc1ccc(N(C)C(=O)CN(C)C(C)CC#N)c(C(=O)c2ccccc2)c1. The summed E-state index contributed by atoms with van der Waals surface area (Å²) in [5, 5.41) is 8.84. The molecule has 1 amide bonds. The Labute approximate surface area is 165 Å². The van der Waals surface area contributed by atoms with Gasteiger partial charge in [-0.3, -0.25) is 14.5 Å². The topological polar surface area (TPSA) is 73.6 Å². The Bertz CT molecular complexity index is 874. The molecule has 0 spiro atoms. The summed E-state index contributed by atoms with van der Waals surface area (Å²) in [6.07, 6.45) is 0.341. The van der Waals surface area contributed by atoms with Gasteiger partial charge in [0.05, 0.1) is 31.8 Å². The van der Waals surface area contributed by atoms with Crippen molar-refractivity contribution < 1.29 is 14.3 Å². The summed E-state index contributed by atoms with van der Waals surface area (Å²) in [5.41, 5.74) is 1.45. The summed E-state index contributed by atoms with van der Waals surface area (Å²) in [6.45, 7) is 2.04. The molecule has 1 unspecified atom stereocenters. The van der Waals surface area contributed by atoms with Gasteiger partial charge in [0.25, 0.3) is 0 Å². The number of benzene rings is 2. The lowest BCUT2D eigenvalue weighted by Gasteiger charge is -2.26. The van der Waals surface area contributed by atoms with Crippen LogP contribution >= 0.6 is 0 Å². The Morgan fingerprint density at radius 3 is 2.43 bits per heavy atom. The van der Waals surface area contributed by atoms with Crippen LogP contribution < -0.4 is 9.64 Å². The third-order valence-electron chi connectivity index (χ3n) is 4.74.